The first-order valence-corrected chi connectivity index (χ1v) is 7.59. The monoisotopic (exact) mass is 350 g/mol. The maximum absolute atomic E-state index is 5.50. The van der Waals surface area contributed by atoms with Crippen molar-refractivity contribution in [2.75, 3.05) is 21.3 Å². The van der Waals surface area contributed by atoms with Gasteiger partial charge in [-0.2, -0.15) is 0 Å². The van der Waals surface area contributed by atoms with Crippen molar-refractivity contribution in [2.24, 2.45) is 0 Å². The fraction of sp³-hybridized carbons (Fsp3) is 0.294. The zero-order valence-electron chi connectivity index (χ0n) is 12.4. The third kappa shape index (κ3) is 3.70. The van der Waals surface area contributed by atoms with Gasteiger partial charge >= 0.3 is 0 Å². The van der Waals surface area contributed by atoms with Gasteiger partial charge in [0.15, 0.2) is 0 Å². The number of benzene rings is 2. The molecular formula is C17H19BrO3. The van der Waals surface area contributed by atoms with Crippen LogP contribution in [0.3, 0.4) is 0 Å². The summed E-state index contributed by atoms with van der Waals surface area (Å²) in [6.45, 7) is 0. The van der Waals surface area contributed by atoms with Crippen molar-refractivity contribution in [2.45, 2.75) is 11.2 Å². The lowest BCUT2D eigenvalue weighted by molar-refractivity contribution is 0.368. The Morgan fingerprint density at radius 3 is 1.95 bits per heavy atom. The number of hydrogen-bond acceptors (Lipinski definition) is 3. The molecule has 0 aliphatic heterocycles. The van der Waals surface area contributed by atoms with E-state index in [2.05, 4.69) is 28.1 Å². The molecule has 3 nitrogen and oxygen atoms in total. The van der Waals surface area contributed by atoms with E-state index in [0.717, 1.165) is 23.5 Å². The highest BCUT2D eigenvalue weighted by molar-refractivity contribution is 9.09. The number of methoxy groups -OCH3 is 3. The molecule has 112 valence electrons. The average Bonchev–Trinajstić information content (AvgIpc) is 2.54. The largest absolute Gasteiger partial charge is 0.496 e. The molecule has 0 saturated carbocycles. The van der Waals surface area contributed by atoms with Crippen molar-refractivity contribution in [3.63, 3.8) is 0 Å². The molecule has 0 aromatic heterocycles. The molecule has 21 heavy (non-hydrogen) atoms. The normalized spacial score (nSPS) is 11.8. The second kappa shape index (κ2) is 7.36. The van der Waals surface area contributed by atoms with Gasteiger partial charge in [0.1, 0.15) is 17.2 Å². The van der Waals surface area contributed by atoms with Crippen LogP contribution in [0.2, 0.25) is 0 Å². The summed E-state index contributed by atoms with van der Waals surface area (Å²) < 4.78 is 16.3. The smallest absolute Gasteiger partial charge is 0.130 e. The fourth-order valence-corrected chi connectivity index (χ4v) is 3.09. The molecule has 1 atom stereocenters. The quantitative estimate of drug-likeness (QED) is 0.723. The first kappa shape index (κ1) is 15.7. The first-order chi connectivity index (χ1) is 10.2. The minimum absolute atomic E-state index is 0.0932. The predicted octanol–water partition coefficient (Wildman–Crippen LogP) is 4.39. The number of halogens is 1. The Balaban J connectivity index is 2.36. The lowest BCUT2D eigenvalue weighted by Gasteiger charge is -2.19. The van der Waals surface area contributed by atoms with Gasteiger partial charge in [0.05, 0.1) is 31.7 Å². The van der Waals surface area contributed by atoms with Crippen LogP contribution in [0.5, 0.6) is 17.2 Å². The molecule has 2 aromatic rings. The van der Waals surface area contributed by atoms with E-state index in [1.165, 1.54) is 5.56 Å². The molecule has 0 amide bonds. The Kier molecular flexibility index (Phi) is 5.51. The maximum Gasteiger partial charge on any atom is 0.130 e. The van der Waals surface area contributed by atoms with E-state index >= 15 is 0 Å². The summed E-state index contributed by atoms with van der Waals surface area (Å²) in [7, 11) is 4.93. The number of hydrogen-bond donors (Lipinski definition) is 0. The summed E-state index contributed by atoms with van der Waals surface area (Å²) in [4.78, 5) is 0.0932. The van der Waals surface area contributed by atoms with E-state index in [1.54, 1.807) is 21.3 Å². The van der Waals surface area contributed by atoms with Gasteiger partial charge in [-0.15, -0.1) is 0 Å². The van der Waals surface area contributed by atoms with Crippen LogP contribution in [0.1, 0.15) is 16.0 Å². The molecule has 0 heterocycles. The van der Waals surface area contributed by atoms with Gasteiger partial charge in [0.2, 0.25) is 0 Å². The molecule has 2 aromatic carbocycles. The SMILES string of the molecule is COc1cc(OC)c(C(Br)Cc2ccccc2)c(OC)c1. The molecule has 0 fully saturated rings. The molecule has 0 aliphatic rings. The number of alkyl halides is 1. The molecule has 2 rings (SSSR count). The standard InChI is InChI=1S/C17H19BrO3/c1-19-13-10-15(20-2)17(16(11-13)21-3)14(18)9-12-7-5-4-6-8-12/h4-8,10-11,14H,9H2,1-3H3. The molecule has 1 unspecified atom stereocenters. The Hall–Kier alpha value is -1.68. The molecule has 0 N–H and O–H groups in total. The summed E-state index contributed by atoms with van der Waals surface area (Å²) >= 11 is 3.75. The zero-order chi connectivity index (χ0) is 15.2. The Bertz CT molecular complexity index is 559. The van der Waals surface area contributed by atoms with Gasteiger partial charge in [0, 0.05) is 12.1 Å². The van der Waals surface area contributed by atoms with Crippen LogP contribution >= 0.6 is 15.9 Å². The molecule has 0 saturated heterocycles. The Morgan fingerprint density at radius 1 is 0.905 bits per heavy atom. The first-order valence-electron chi connectivity index (χ1n) is 6.67. The van der Waals surface area contributed by atoms with E-state index in [9.17, 15) is 0 Å². The molecule has 0 radical (unpaired) electrons. The van der Waals surface area contributed by atoms with Crippen molar-refractivity contribution in [1.29, 1.82) is 0 Å². The van der Waals surface area contributed by atoms with E-state index in [-0.39, 0.29) is 4.83 Å². The van der Waals surface area contributed by atoms with Crippen molar-refractivity contribution in [3.05, 3.63) is 53.6 Å². The van der Waals surface area contributed by atoms with Crippen LogP contribution in [0, 0.1) is 0 Å². The summed E-state index contributed by atoms with van der Waals surface area (Å²) in [6.07, 6.45) is 0.847. The van der Waals surface area contributed by atoms with Crippen LogP contribution in [0.15, 0.2) is 42.5 Å². The van der Waals surface area contributed by atoms with Crippen molar-refractivity contribution in [3.8, 4) is 17.2 Å². The van der Waals surface area contributed by atoms with E-state index in [4.69, 9.17) is 14.2 Å². The topological polar surface area (TPSA) is 27.7 Å². The third-order valence-corrected chi connectivity index (χ3v) is 4.11. The fourth-order valence-electron chi connectivity index (χ4n) is 2.26. The minimum atomic E-state index is 0.0932. The van der Waals surface area contributed by atoms with Gasteiger partial charge in [0.25, 0.3) is 0 Å². The highest BCUT2D eigenvalue weighted by atomic mass is 79.9. The Morgan fingerprint density at radius 2 is 1.48 bits per heavy atom. The zero-order valence-corrected chi connectivity index (χ0v) is 14.0. The van der Waals surface area contributed by atoms with Crippen LogP contribution < -0.4 is 14.2 Å². The van der Waals surface area contributed by atoms with Gasteiger partial charge in [-0.3, -0.25) is 0 Å². The van der Waals surface area contributed by atoms with Crippen molar-refractivity contribution < 1.29 is 14.2 Å². The average molecular weight is 351 g/mol. The summed E-state index contributed by atoms with van der Waals surface area (Å²) in [5.41, 5.74) is 2.24. The van der Waals surface area contributed by atoms with Crippen LogP contribution in [0.4, 0.5) is 0 Å². The van der Waals surface area contributed by atoms with Crippen LogP contribution in [0.25, 0.3) is 0 Å². The molecule has 0 bridgehead atoms. The number of rotatable bonds is 6. The van der Waals surface area contributed by atoms with E-state index in [1.807, 2.05) is 30.3 Å². The summed E-state index contributed by atoms with van der Waals surface area (Å²) in [5.74, 6) is 2.22. The van der Waals surface area contributed by atoms with Gasteiger partial charge in [-0.25, -0.2) is 0 Å². The Labute approximate surface area is 134 Å². The molecule has 0 aliphatic carbocycles. The van der Waals surface area contributed by atoms with E-state index < -0.39 is 0 Å². The highest BCUT2D eigenvalue weighted by Gasteiger charge is 2.20. The van der Waals surface area contributed by atoms with Crippen molar-refractivity contribution >= 4 is 15.9 Å². The van der Waals surface area contributed by atoms with Gasteiger partial charge < -0.3 is 14.2 Å². The maximum atomic E-state index is 5.50. The van der Waals surface area contributed by atoms with Crippen LogP contribution in [-0.4, -0.2) is 21.3 Å². The van der Waals surface area contributed by atoms with Crippen LogP contribution in [-0.2, 0) is 6.42 Å². The van der Waals surface area contributed by atoms with Gasteiger partial charge in [-0.05, 0) is 12.0 Å². The summed E-state index contributed by atoms with van der Waals surface area (Å²) in [6, 6.07) is 14.1. The summed E-state index contributed by atoms with van der Waals surface area (Å²) in [5, 5.41) is 0. The predicted molar refractivity (Wildman–Crippen MR) is 87.9 cm³/mol. The lowest BCUT2D eigenvalue weighted by atomic mass is 10.0. The highest BCUT2D eigenvalue weighted by Crippen LogP contribution is 2.42. The third-order valence-electron chi connectivity index (χ3n) is 3.32. The molecule has 0 spiro atoms. The van der Waals surface area contributed by atoms with Gasteiger partial charge in [-0.1, -0.05) is 46.3 Å². The molecular weight excluding hydrogens is 332 g/mol. The number of ether oxygens (including phenoxy) is 3. The minimum Gasteiger partial charge on any atom is -0.496 e. The second-order valence-corrected chi connectivity index (χ2v) is 5.71. The molecule has 4 heteroatoms. The lowest BCUT2D eigenvalue weighted by Crippen LogP contribution is -2.03. The van der Waals surface area contributed by atoms with E-state index in [0.29, 0.717) is 5.75 Å². The van der Waals surface area contributed by atoms with Crippen molar-refractivity contribution in [1.82, 2.24) is 0 Å². The second-order valence-electron chi connectivity index (χ2n) is 4.60.